The summed E-state index contributed by atoms with van der Waals surface area (Å²) in [5, 5.41) is 5.27. The molecule has 0 saturated carbocycles. The second-order valence-corrected chi connectivity index (χ2v) is 13.5. The summed E-state index contributed by atoms with van der Waals surface area (Å²) in [6, 6.07) is 19.9. The molecule has 46 heavy (non-hydrogen) atoms. The normalized spacial score (nSPS) is 16.6. The molecule has 1 aliphatic rings. The lowest BCUT2D eigenvalue weighted by Gasteiger charge is -2.37. The molecule has 4 aromatic rings. The number of aromatic nitrogens is 3. The van der Waals surface area contributed by atoms with E-state index in [0.717, 1.165) is 40.6 Å². The zero-order valence-corrected chi connectivity index (χ0v) is 27.5. The van der Waals surface area contributed by atoms with E-state index in [-0.39, 0.29) is 23.1 Å². The molecule has 0 aliphatic carbocycles. The summed E-state index contributed by atoms with van der Waals surface area (Å²) in [5.41, 5.74) is 5.88. The predicted octanol–water partition coefficient (Wildman–Crippen LogP) is 8.71. The Morgan fingerprint density at radius 1 is 1.02 bits per heavy atom. The van der Waals surface area contributed by atoms with E-state index in [9.17, 15) is 18.0 Å². The molecule has 11 heteroatoms. The van der Waals surface area contributed by atoms with Gasteiger partial charge in [-0.25, -0.2) is 9.67 Å². The van der Waals surface area contributed by atoms with Gasteiger partial charge < -0.3 is 9.64 Å². The quantitative estimate of drug-likeness (QED) is 0.181. The van der Waals surface area contributed by atoms with Gasteiger partial charge in [0, 0.05) is 29.5 Å². The Kier molecular flexibility index (Phi) is 9.91. The molecule has 7 nitrogen and oxygen atoms in total. The SMILES string of the molecule is Cc1cccc(C)c1N1C(=NC(=O)CCC(C)(C)Cc2ccc(-c3ncn(-c4ccc(OC(F)(F)F)cc4)n3)cc2)SCCC1C. The van der Waals surface area contributed by atoms with Crippen LogP contribution in [0.3, 0.4) is 0 Å². The van der Waals surface area contributed by atoms with Crippen molar-refractivity contribution < 1.29 is 22.7 Å². The Morgan fingerprint density at radius 2 is 1.70 bits per heavy atom. The Balaban J connectivity index is 1.19. The van der Waals surface area contributed by atoms with Crippen LogP contribution in [0.15, 0.2) is 78.0 Å². The fourth-order valence-corrected chi connectivity index (χ4v) is 6.85. The number of thioether (sulfide) groups is 1. The van der Waals surface area contributed by atoms with Gasteiger partial charge in [-0.3, -0.25) is 4.79 Å². The van der Waals surface area contributed by atoms with Gasteiger partial charge in [-0.1, -0.05) is 68.1 Å². The fraction of sp³-hybridized carbons (Fsp3) is 0.371. The number of carbonyl (C=O) groups excluding carboxylic acids is 1. The van der Waals surface area contributed by atoms with Crippen LogP contribution >= 0.6 is 11.8 Å². The molecule has 2 heterocycles. The van der Waals surface area contributed by atoms with Crippen LogP contribution in [0.25, 0.3) is 17.1 Å². The number of aryl methyl sites for hydroxylation is 2. The predicted molar refractivity (Wildman–Crippen MR) is 178 cm³/mol. The number of amidine groups is 1. The van der Waals surface area contributed by atoms with Crippen LogP contribution in [0.1, 0.15) is 56.7 Å². The first-order valence-electron chi connectivity index (χ1n) is 15.2. The Hall–Kier alpha value is -4.12. The third kappa shape index (κ3) is 8.37. The third-order valence-corrected chi connectivity index (χ3v) is 9.04. The van der Waals surface area contributed by atoms with Gasteiger partial charge in [0.05, 0.1) is 5.69 Å². The minimum atomic E-state index is -4.74. The highest BCUT2D eigenvalue weighted by atomic mass is 32.2. The number of anilines is 1. The molecule has 3 aromatic carbocycles. The van der Waals surface area contributed by atoms with Crippen molar-refractivity contribution in [2.75, 3.05) is 10.7 Å². The molecule has 1 unspecified atom stereocenters. The van der Waals surface area contributed by atoms with Crippen molar-refractivity contribution in [1.82, 2.24) is 14.8 Å². The van der Waals surface area contributed by atoms with E-state index in [1.54, 1.807) is 11.8 Å². The van der Waals surface area contributed by atoms with Crippen molar-refractivity contribution in [1.29, 1.82) is 0 Å². The Labute approximate surface area is 271 Å². The van der Waals surface area contributed by atoms with Gasteiger partial charge in [0.1, 0.15) is 12.1 Å². The average molecular weight is 650 g/mol. The van der Waals surface area contributed by atoms with E-state index in [1.165, 1.54) is 46.4 Å². The van der Waals surface area contributed by atoms with Crippen LogP contribution in [-0.4, -0.2) is 44.0 Å². The summed E-state index contributed by atoms with van der Waals surface area (Å²) in [6.45, 7) is 10.7. The van der Waals surface area contributed by atoms with Gasteiger partial charge in [0.2, 0.25) is 5.91 Å². The minimum Gasteiger partial charge on any atom is -0.406 e. The minimum absolute atomic E-state index is 0.0968. The number of carbonyl (C=O) groups is 1. The maximum absolute atomic E-state index is 13.1. The summed E-state index contributed by atoms with van der Waals surface area (Å²) < 4.78 is 42.8. The highest BCUT2D eigenvalue weighted by Gasteiger charge is 2.31. The molecule has 242 valence electrons. The molecule has 0 radical (unpaired) electrons. The van der Waals surface area contributed by atoms with E-state index in [4.69, 9.17) is 0 Å². The van der Waals surface area contributed by atoms with Crippen molar-refractivity contribution >= 4 is 28.5 Å². The molecule has 0 N–H and O–H groups in total. The molecule has 1 aliphatic heterocycles. The second kappa shape index (κ2) is 13.7. The van der Waals surface area contributed by atoms with Crippen molar-refractivity contribution in [2.24, 2.45) is 10.4 Å². The van der Waals surface area contributed by atoms with Crippen LogP contribution in [-0.2, 0) is 11.2 Å². The lowest BCUT2D eigenvalue weighted by atomic mass is 9.81. The van der Waals surface area contributed by atoms with Crippen LogP contribution in [0.5, 0.6) is 5.75 Å². The summed E-state index contributed by atoms with van der Waals surface area (Å²) in [4.78, 5) is 24.4. The number of rotatable bonds is 9. The number of aliphatic imine (C=N–C) groups is 1. The largest absolute Gasteiger partial charge is 0.573 e. The van der Waals surface area contributed by atoms with E-state index in [1.807, 2.05) is 24.3 Å². The van der Waals surface area contributed by atoms with Crippen LogP contribution in [0, 0.1) is 19.3 Å². The van der Waals surface area contributed by atoms with Gasteiger partial charge in [0.25, 0.3) is 0 Å². The number of alkyl halides is 3. The molecule has 0 spiro atoms. The first kappa shape index (κ1) is 33.2. The van der Waals surface area contributed by atoms with Gasteiger partial charge in [0.15, 0.2) is 11.0 Å². The molecule has 1 saturated heterocycles. The Morgan fingerprint density at radius 3 is 2.35 bits per heavy atom. The average Bonchev–Trinajstić information content (AvgIpc) is 3.48. The Bertz CT molecular complexity index is 1680. The van der Waals surface area contributed by atoms with E-state index in [0.29, 0.717) is 24.4 Å². The summed E-state index contributed by atoms with van der Waals surface area (Å²) >= 11 is 1.65. The maximum atomic E-state index is 13.1. The van der Waals surface area contributed by atoms with Crippen LogP contribution in [0.4, 0.5) is 18.9 Å². The van der Waals surface area contributed by atoms with E-state index < -0.39 is 6.36 Å². The topological polar surface area (TPSA) is 72.6 Å². The number of halogens is 3. The summed E-state index contributed by atoms with van der Waals surface area (Å²) in [6.07, 6.45) is -0.340. The van der Waals surface area contributed by atoms with Crippen LogP contribution in [0.2, 0.25) is 0 Å². The van der Waals surface area contributed by atoms with Crippen molar-refractivity contribution in [2.45, 2.75) is 72.7 Å². The zero-order chi connectivity index (χ0) is 33.1. The fourth-order valence-electron chi connectivity index (χ4n) is 5.64. The number of nitrogens with zero attached hydrogens (tertiary/aromatic N) is 5. The monoisotopic (exact) mass is 649 g/mol. The molecule has 1 aromatic heterocycles. The molecular weight excluding hydrogens is 611 g/mol. The molecule has 5 rings (SSSR count). The maximum Gasteiger partial charge on any atom is 0.573 e. The lowest BCUT2D eigenvalue weighted by Crippen LogP contribution is -2.42. The van der Waals surface area contributed by atoms with Gasteiger partial charge in [-0.2, -0.15) is 4.99 Å². The van der Waals surface area contributed by atoms with Gasteiger partial charge >= 0.3 is 6.36 Å². The van der Waals surface area contributed by atoms with Crippen molar-refractivity contribution in [3.63, 3.8) is 0 Å². The summed E-state index contributed by atoms with van der Waals surface area (Å²) in [5.74, 6) is 1.04. The smallest absolute Gasteiger partial charge is 0.406 e. The molecular formula is C35H38F3N5O2S. The first-order valence-corrected chi connectivity index (χ1v) is 16.2. The van der Waals surface area contributed by atoms with E-state index in [2.05, 4.69) is 77.5 Å². The molecule has 1 atom stereocenters. The molecule has 1 amide bonds. The number of benzene rings is 3. The summed E-state index contributed by atoms with van der Waals surface area (Å²) in [7, 11) is 0. The van der Waals surface area contributed by atoms with Gasteiger partial charge in [-0.15, -0.1) is 18.3 Å². The zero-order valence-electron chi connectivity index (χ0n) is 26.6. The third-order valence-electron chi connectivity index (χ3n) is 8.05. The van der Waals surface area contributed by atoms with Crippen molar-refractivity contribution in [3.05, 3.63) is 89.7 Å². The number of ether oxygens (including phenoxy) is 1. The first-order chi connectivity index (χ1) is 21.8. The standard InChI is InChI=1S/C35H38F3N5O2S/c1-23-7-6-8-24(2)31(23)43-25(3)18-20-46-33(43)40-30(44)17-19-34(4,5)21-26-9-11-27(12-10-26)32-39-22-42(41-32)28-13-15-29(16-14-28)45-35(36,37)38/h6-16,22,25H,17-21H2,1-5H3. The van der Waals surface area contributed by atoms with Crippen LogP contribution < -0.4 is 9.64 Å². The highest BCUT2D eigenvalue weighted by Crippen LogP contribution is 2.35. The highest BCUT2D eigenvalue weighted by molar-refractivity contribution is 8.14. The van der Waals surface area contributed by atoms with Crippen molar-refractivity contribution in [3.8, 4) is 22.8 Å². The molecule has 0 bridgehead atoms. The number of hydrogen-bond acceptors (Lipinski definition) is 5. The molecule has 1 fully saturated rings. The van der Waals surface area contributed by atoms with E-state index >= 15 is 0 Å². The lowest BCUT2D eigenvalue weighted by molar-refractivity contribution is -0.274. The number of para-hydroxylation sites is 1. The second-order valence-electron chi connectivity index (χ2n) is 12.5. The van der Waals surface area contributed by atoms with Gasteiger partial charge in [-0.05, 0) is 86.4 Å². The number of hydrogen-bond donors (Lipinski definition) is 0. The number of amides is 1.